The van der Waals surface area contributed by atoms with Crippen molar-refractivity contribution in [1.82, 2.24) is 14.9 Å². The number of alkyl halides is 1. The van der Waals surface area contributed by atoms with Gasteiger partial charge in [-0.05, 0) is 26.0 Å². The fourth-order valence-electron chi connectivity index (χ4n) is 2.31. The fourth-order valence-corrected chi connectivity index (χ4v) is 2.75. The van der Waals surface area contributed by atoms with Crippen molar-refractivity contribution in [3.8, 4) is 0 Å². The molecule has 0 saturated heterocycles. The topological polar surface area (TPSA) is 46.9 Å². The number of fused-ring (bicyclic) bond motifs is 1. The molecule has 0 radical (unpaired) electrons. The molecule has 0 fully saturated rings. The molecule has 2 aromatic rings. The summed E-state index contributed by atoms with van der Waals surface area (Å²) < 4.78 is 2.00. The molecule has 21 heavy (non-hydrogen) atoms. The zero-order valence-electron chi connectivity index (χ0n) is 12.2. The number of halogens is 2. The molecule has 2 rings (SSSR count). The molecule has 6 heteroatoms. The summed E-state index contributed by atoms with van der Waals surface area (Å²) in [6, 6.07) is 5.77. The highest BCUT2D eigenvalue weighted by Crippen LogP contribution is 2.25. The number of rotatable bonds is 6. The summed E-state index contributed by atoms with van der Waals surface area (Å²) >= 11 is 12.1. The Hall–Kier alpha value is -1.26. The van der Waals surface area contributed by atoms with Crippen LogP contribution in [-0.2, 0) is 17.8 Å². The minimum absolute atomic E-state index is 0.0238. The standard InChI is InChI=1S/C15H19Cl2N3O/c1-10(2)18-14(21)7-9-20-13(6-8-16)19-12-5-3-4-11(17)15(12)20/h3-5,10H,6-9H2,1-2H3,(H,18,21). The van der Waals surface area contributed by atoms with Crippen LogP contribution in [0.1, 0.15) is 26.1 Å². The Morgan fingerprint density at radius 2 is 2.19 bits per heavy atom. The SMILES string of the molecule is CC(C)NC(=O)CCn1c(CCCl)nc2cccc(Cl)c21. The molecule has 1 N–H and O–H groups in total. The molecule has 0 aliphatic rings. The van der Waals surface area contributed by atoms with Crippen LogP contribution in [0.5, 0.6) is 0 Å². The second-order valence-electron chi connectivity index (χ2n) is 5.20. The first-order chi connectivity index (χ1) is 10.0. The first kappa shape index (κ1) is 16.1. The van der Waals surface area contributed by atoms with Gasteiger partial charge in [0.2, 0.25) is 5.91 Å². The molecule has 1 aromatic heterocycles. The van der Waals surface area contributed by atoms with E-state index in [9.17, 15) is 4.79 Å². The van der Waals surface area contributed by atoms with Crippen LogP contribution in [-0.4, -0.2) is 27.4 Å². The van der Waals surface area contributed by atoms with Gasteiger partial charge in [0.1, 0.15) is 5.82 Å². The van der Waals surface area contributed by atoms with Crippen LogP contribution in [0.4, 0.5) is 0 Å². The molecule has 0 bridgehead atoms. The highest BCUT2D eigenvalue weighted by atomic mass is 35.5. The number of nitrogens with one attached hydrogen (secondary N) is 1. The molecule has 1 heterocycles. The predicted molar refractivity (Wildman–Crippen MR) is 87.1 cm³/mol. The number of imidazole rings is 1. The van der Waals surface area contributed by atoms with E-state index in [2.05, 4.69) is 10.3 Å². The third-order valence-electron chi connectivity index (χ3n) is 3.13. The van der Waals surface area contributed by atoms with Crippen LogP contribution in [0.3, 0.4) is 0 Å². The lowest BCUT2D eigenvalue weighted by Gasteiger charge is -2.11. The summed E-state index contributed by atoms with van der Waals surface area (Å²) in [6.45, 7) is 4.44. The van der Waals surface area contributed by atoms with Crippen molar-refractivity contribution in [2.45, 2.75) is 39.3 Å². The average molecular weight is 328 g/mol. The van der Waals surface area contributed by atoms with Crippen molar-refractivity contribution in [2.75, 3.05) is 5.88 Å². The van der Waals surface area contributed by atoms with E-state index in [1.807, 2.05) is 36.6 Å². The monoisotopic (exact) mass is 327 g/mol. The lowest BCUT2D eigenvalue weighted by molar-refractivity contribution is -0.121. The summed E-state index contributed by atoms with van der Waals surface area (Å²) in [6.07, 6.45) is 1.04. The highest BCUT2D eigenvalue weighted by molar-refractivity contribution is 6.35. The molecule has 4 nitrogen and oxygen atoms in total. The number of amides is 1. The van der Waals surface area contributed by atoms with Crippen molar-refractivity contribution in [2.24, 2.45) is 0 Å². The predicted octanol–water partition coefficient (Wildman–Crippen LogP) is 3.39. The van der Waals surface area contributed by atoms with Crippen LogP contribution in [0, 0.1) is 0 Å². The van der Waals surface area contributed by atoms with Gasteiger partial charge in [0.05, 0.1) is 16.1 Å². The molecule has 1 amide bonds. The fraction of sp³-hybridized carbons (Fsp3) is 0.467. The Labute approximate surface area is 134 Å². The maximum absolute atomic E-state index is 11.8. The largest absolute Gasteiger partial charge is 0.354 e. The number of benzene rings is 1. The summed E-state index contributed by atoms with van der Waals surface area (Å²) in [5, 5.41) is 3.53. The lowest BCUT2D eigenvalue weighted by Crippen LogP contribution is -2.30. The van der Waals surface area contributed by atoms with Gasteiger partial charge >= 0.3 is 0 Å². The van der Waals surface area contributed by atoms with Crippen molar-refractivity contribution in [3.05, 3.63) is 29.0 Å². The number of aryl methyl sites for hydroxylation is 2. The van der Waals surface area contributed by atoms with Gasteiger partial charge in [-0.3, -0.25) is 4.79 Å². The Balaban J connectivity index is 2.27. The number of hydrogen-bond donors (Lipinski definition) is 1. The molecule has 0 unspecified atom stereocenters. The van der Waals surface area contributed by atoms with E-state index < -0.39 is 0 Å². The zero-order chi connectivity index (χ0) is 15.4. The van der Waals surface area contributed by atoms with E-state index in [1.54, 1.807) is 0 Å². The van der Waals surface area contributed by atoms with Gasteiger partial charge in [0, 0.05) is 31.3 Å². The zero-order valence-corrected chi connectivity index (χ0v) is 13.7. The van der Waals surface area contributed by atoms with Crippen molar-refractivity contribution in [1.29, 1.82) is 0 Å². The maximum Gasteiger partial charge on any atom is 0.221 e. The third-order valence-corrected chi connectivity index (χ3v) is 3.62. The molecular weight excluding hydrogens is 309 g/mol. The minimum atomic E-state index is 0.0238. The van der Waals surface area contributed by atoms with Crippen LogP contribution in [0.25, 0.3) is 11.0 Å². The van der Waals surface area contributed by atoms with Crippen LogP contribution in [0.15, 0.2) is 18.2 Å². The van der Waals surface area contributed by atoms with E-state index in [4.69, 9.17) is 23.2 Å². The van der Waals surface area contributed by atoms with Gasteiger partial charge in [0.25, 0.3) is 0 Å². The second kappa shape index (κ2) is 7.14. The van der Waals surface area contributed by atoms with Crippen molar-refractivity contribution in [3.63, 3.8) is 0 Å². The first-order valence-corrected chi connectivity index (χ1v) is 7.93. The van der Waals surface area contributed by atoms with Gasteiger partial charge in [0.15, 0.2) is 0 Å². The average Bonchev–Trinajstić information content (AvgIpc) is 2.75. The number of para-hydroxylation sites is 1. The van der Waals surface area contributed by atoms with Gasteiger partial charge < -0.3 is 9.88 Å². The minimum Gasteiger partial charge on any atom is -0.354 e. The maximum atomic E-state index is 11.8. The number of hydrogen-bond acceptors (Lipinski definition) is 2. The normalized spacial score (nSPS) is 11.3. The molecule has 1 aromatic carbocycles. The second-order valence-corrected chi connectivity index (χ2v) is 5.98. The summed E-state index contributed by atoms with van der Waals surface area (Å²) in [5.74, 6) is 1.38. The van der Waals surface area contributed by atoms with E-state index in [1.165, 1.54) is 0 Å². The molecule has 0 atom stereocenters. The van der Waals surface area contributed by atoms with E-state index in [-0.39, 0.29) is 11.9 Å². The Morgan fingerprint density at radius 1 is 1.43 bits per heavy atom. The van der Waals surface area contributed by atoms with Gasteiger partial charge in [-0.15, -0.1) is 11.6 Å². The first-order valence-electron chi connectivity index (χ1n) is 7.02. The number of aromatic nitrogens is 2. The Bertz CT molecular complexity index is 637. The van der Waals surface area contributed by atoms with E-state index >= 15 is 0 Å². The number of carbonyl (C=O) groups excluding carboxylic acids is 1. The van der Waals surface area contributed by atoms with Gasteiger partial charge in [-0.2, -0.15) is 0 Å². The van der Waals surface area contributed by atoms with Crippen LogP contribution in [0.2, 0.25) is 5.02 Å². The molecule has 114 valence electrons. The van der Waals surface area contributed by atoms with Gasteiger partial charge in [-0.1, -0.05) is 17.7 Å². The Kier molecular flexibility index (Phi) is 5.48. The highest BCUT2D eigenvalue weighted by Gasteiger charge is 2.14. The van der Waals surface area contributed by atoms with Crippen molar-refractivity contribution < 1.29 is 4.79 Å². The van der Waals surface area contributed by atoms with Crippen LogP contribution < -0.4 is 5.32 Å². The molecular formula is C15H19Cl2N3O. The lowest BCUT2D eigenvalue weighted by atomic mass is 10.3. The van der Waals surface area contributed by atoms with E-state index in [0.29, 0.717) is 30.3 Å². The summed E-state index contributed by atoms with van der Waals surface area (Å²) in [5.41, 5.74) is 1.71. The Morgan fingerprint density at radius 3 is 2.86 bits per heavy atom. The molecule has 0 aliphatic heterocycles. The third kappa shape index (κ3) is 3.89. The van der Waals surface area contributed by atoms with Crippen LogP contribution >= 0.6 is 23.2 Å². The van der Waals surface area contributed by atoms with Gasteiger partial charge in [-0.25, -0.2) is 4.98 Å². The quantitative estimate of drug-likeness (QED) is 0.826. The number of carbonyl (C=O) groups is 1. The number of nitrogens with zero attached hydrogens (tertiary/aromatic N) is 2. The van der Waals surface area contributed by atoms with E-state index in [0.717, 1.165) is 16.9 Å². The summed E-state index contributed by atoms with van der Waals surface area (Å²) in [7, 11) is 0. The summed E-state index contributed by atoms with van der Waals surface area (Å²) in [4.78, 5) is 16.4. The molecule has 0 aliphatic carbocycles. The molecule has 0 spiro atoms. The smallest absolute Gasteiger partial charge is 0.221 e. The molecule has 0 saturated carbocycles. The van der Waals surface area contributed by atoms with Crippen molar-refractivity contribution >= 4 is 40.1 Å².